The van der Waals surface area contributed by atoms with Crippen molar-refractivity contribution in [1.29, 1.82) is 0 Å². The van der Waals surface area contributed by atoms with E-state index in [1.807, 2.05) is 12.1 Å². The van der Waals surface area contributed by atoms with Crippen LogP contribution in [0, 0.1) is 0 Å². The van der Waals surface area contributed by atoms with Crippen LogP contribution in [0.1, 0.15) is 18.6 Å². The van der Waals surface area contributed by atoms with Crippen molar-refractivity contribution in [2.45, 2.75) is 25.4 Å². The number of carbonyl (C=O) groups is 1. The van der Waals surface area contributed by atoms with Gasteiger partial charge in [-0.05, 0) is 25.0 Å². The smallest absolute Gasteiger partial charge is 0.242 e. The molecule has 2 fully saturated rings. The van der Waals surface area contributed by atoms with Gasteiger partial charge in [-0.3, -0.25) is 9.69 Å². The predicted octanol–water partition coefficient (Wildman–Crippen LogP) is 0.348. The first-order chi connectivity index (χ1) is 10.9. The SMILES string of the molecule is CS(=O)(=O)N1CCN(Cc2ccco2)CC1C(=O)N1CCCC1. The highest BCUT2D eigenvalue weighted by Gasteiger charge is 2.39. The van der Waals surface area contributed by atoms with Crippen LogP contribution >= 0.6 is 0 Å². The third-order valence-corrected chi connectivity index (χ3v) is 5.79. The molecule has 1 aromatic heterocycles. The lowest BCUT2D eigenvalue weighted by atomic mass is 10.1. The predicted molar refractivity (Wildman–Crippen MR) is 85.1 cm³/mol. The topological polar surface area (TPSA) is 74.1 Å². The molecule has 128 valence electrons. The zero-order valence-electron chi connectivity index (χ0n) is 13.3. The number of hydrogen-bond donors (Lipinski definition) is 0. The molecular formula is C15H23N3O4S. The lowest BCUT2D eigenvalue weighted by Gasteiger charge is -2.40. The van der Waals surface area contributed by atoms with E-state index in [9.17, 15) is 13.2 Å². The Bertz CT molecular complexity index is 638. The molecule has 0 aromatic carbocycles. The molecule has 1 atom stereocenters. The maximum absolute atomic E-state index is 12.8. The molecule has 0 bridgehead atoms. The van der Waals surface area contributed by atoms with Gasteiger partial charge in [0.2, 0.25) is 15.9 Å². The molecule has 0 aliphatic carbocycles. The average molecular weight is 341 g/mol. The second-order valence-corrected chi connectivity index (χ2v) is 8.17. The van der Waals surface area contributed by atoms with Gasteiger partial charge in [-0.25, -0.2) is 8.42 Å². The number of rotatable bonds is 4. The van der Waals surface area contributed by atoms with Crippen molar-refractivity contribution in [2.24, 2.45) is 0 Å². The standard InChI is InChI=1S/C15H23N3O4S/c1-23(20,21)18-9-8-16(11-13-5-4-10-22-13)12-14(18)15(19)17-6-2-3-7-17/h4-5,10,14H,2-3,6-9,11-12H2,1H3. The summed E-state index contributed by atoms with van der Waals surface area (Å²) in [5, 5.41) is 0. The lowest BCUT2D eigenvalue weighted by Crippen LogP contribution is -2.60. The van der Waals surface area contributed by atoms with Gasteiger partial charge in [-0.2, -0.15) is 4.31 Å². The molecule has 1 unspecified atom stereocenters. The third kappa shape index (κ3) is 3.76. The van der Waals surface area contributed by atoms with E-state index in [-0.39, 0.29) is 5.91 Å². The van der Waals surface area contributed by atoms with Crippen molar-refractivity contribution >= 4 is 15.9 Å². The maximum Gasteiger partial charge on any atom is 0.242 e. The van der Waals surface area contributed by atoms with E-state index in [0.717, 1.165) is 31.7 Å². The largest absolute Gasteiger partial charge is 0.468 e. The zero-order chi connectivity index (χ0) is 16.4. The maximum atomic E-state index is 12.8. The van der Waals surface area contributed by atoms with Crippen molar-refractivity contribution in [3.8, 4) is 0 Å². The van der Waals surface area contributed by atoms with Crippen molar-refractivity contribution in [2.75, 3.05) is 39.0 Å². The van der Waals surface area contributed by atoms with E-state index in [1.54, 1.807) is 11.2 Å². The van der Waals surface area contributed by atoms with Crippen LogP contribution in [0.4, 0.5) is 0 Å². The Balaban J connectivity index is 1.75. The Hall–Kier alpha value is -1.38. The Labute approximate surface area is 136 Å². The van der Waals surface area contributed by atoms with Gasteiger partial charge in [0.1, 0.15) is 11.8 Å². The van der Waals surface area contributed by atoms with Gasteiger partial charge in [0, 0.05) is 32.7 Å². The van der Waals surface area contributed by atoms with Crippen LogP contribution in [-0.2, 0) is 21.4 Å². The molecule has 0 N–H and O–H groups in total. The zero-order valence-corrected chi connectivity index (χ0v) is 14.2. The minimum atomic E-state index is -3.40. The van der Waals surface area contributed by atoms with Crippen molar-refractivity contribution in [1.82, 2.24) is 14.1 Å². The molecule has 1 aromatic rings. The van der Waals surface area contributed by atoms with E-state index >= 15 is 0 Å². The summed E-state index contributed by atoms with van der Waals surface area (Å²) >= 11 is 0. The monoisotopic (exact) mass is 341 g/mol. The number of nitrogens with zero attached hydrogens (tertiary/aromatic N) is 3. The van der Waals surface area contributed by atoms with Crippen LogP contribution in [0.5, 0.6) is 0 Å². The fraction of sp³-hybridized carbons (Fsp3) is 0.667. The molecule has 2 aliphatic heterocycles. The highest BCUT2D eigenvalue weighted by molar-refractivity contribution is 7.88. The van der Waals surface area contributed by atoms with Gasteiger partial charge in [-0.15, -0.1) is 0 Å². The van der Waals surface area contributed by atoms with Crippen LogP contribution in [0.15, 0.2) is 22.8 Å². The number of piperazine rings is 1. The summed E-state index contributed by atoms with van der Waals surface area (Å²) in [6.45, 7) is 3.38. The molecule has 3 rings (SSSR count). The van der Waals surface area contributed by atoms with Crippen molar-refractivity contribution in [3.63, 3.8) is 0 Å². The second kappa shape index (κ2) is 6.62. The van der Waals surface area contributed by atoms with Gasteiger partial charge < -0.3 is 9.32 Å². The van der Waals surface area contributed by atoms with Crippen molar-refractivity contribution < 1.29 is 17.6 Å². The van der Waals surface area contributed by atoms with Gasteiger partial charge in [-0.1, -0.05) is 0 Å². The average Bonchev–Trinajstić information content (AvgIpc) is 3.18. The molecule has 2 aliphatic rings. The number of amides is 1. The molecular weight excluding hydrogens is 318 g/mol. The summed E-state index contributed by atoms with van der Waals surface area (Å²) in [5.74, 6) is 0.752. The fourth-order valence-electron chi connectivity index (χ4n) is 3.34. The molecule has 0 spiro atoms. The molecule has 7 nitrogen and oxygen atoms in total. The molecule has 8 heteroatoms. The fourth-order valence-corrected chi connectivity index (χ4v) is 4.37. The summed E-state index contributed by atoms with van der Waals surface area (Å²) in [4.78, 5) is 16.6. The first kappa shape index (κ1) is 16.5. The number of likely N-dealkylation sites (tertiary alicyclic amines) is 1. The van der Waals surface area contributed by atoms with Crippen LogP contribution in [-0.4, -0.2) is 73.5 Å². The Morgan fingerprint density at radius 2 is 2.00 bits per heavy atom. The first-order valence-electron chi connectivity index (χ1n) is 7.95. The third-order valence-electron chi connectivity index (χ3n) is 4.50. The summed E-state index contributed by atoms with van der Waals surface area (Å²) < 4.78 is 30.8. The second-order valence-electron chi connectivity index (χ2n) is 6.24. The summed E-state index contributed by atoms with van der Waals surface area (Å²) in [5.41, 5.74) is 0. The van der Waals surface area contributed by atoms with Crippen LogP contribution in [0.3, 0.4) is 0 Å². The summed E-state index contributed by atoms with van der Waals surface area (Å²) in [6, 6.07) is 3.08. The van der Waals surface area contributed by atoms with Crippen LogP contribution < -0.4 is 0 Å². The van der Waals surface area contributed by atoms with Crippen molar-refractivity contribution in [3.05, 3.63) is 24.2 Å². The lowest BCUT2D eigenvalue weighted by molar-refractivity contribution is -0.136. The number of sulfonamides is 1. The van der Waals surface area contributed by atoms with Gasteiger partial charge in [0.15, 0.2) is 0 Å². The van der Waals surface area contributed by atoms with Crippen LogP contribution in [0.2, 0.25) is 0 Å². The number of furan rings is 1. The van der Waals surface area contributed by atoms with E-state index in [1.165, 1.54) is 10.6 Å². The molecule has 3 heterocycles. The van der Waals surface area contributed by atoms with Gasteiger partial charge >= 0.3 is 0 Å². The Morgan fingerprint density at radius 3 is 2.61 bits per heavy atom. The minimum absolute atomic E-state index is 0.0722. The summed E-state index contributed by atoms with van der Waals surface area (Å²) in [6.07, 6.45) is 4.79. The Kier molecular flexibility index (Phi) is 4.74. The molecule has 0 radical (unpaired) electrons. The van der Waals surface area contributed by atoms with Gasteiger partial charge in [0.05, 0.1) is 19.1 Å². The Morgan fingerprint density at radius 1 is 1.26 bits per heavy atom. The van der Waals surface area contributed by atoms with E-state index in [4.69, 9.17) is 4.42 Å². The first-order valence-corrected chi connectivity index (χ1v) is 9.80. The summed E-state index contributed by atoms with van der Waals surface area (Å²) in [7, 11) is -3.40. The normalized spacial score (nSPS) is 24.2. The van der Waals surface area contributed by atoms with E-state index in [2.05, 4.69) is 4.90 Å². The minimum Gasteiger partial charge on any atom is -0.468 e. The number of carbonyl (C=O) groups excluding carboxylic acids is 1. The number of hydrogen-bond acceptors (Lipinski definition) is 5. The molecule has 2 saturated heterocycles. The molecule has 23 heavy (non-hydrogen) atoms. The van der Waals surface area contributed by atoms with Gasteiger partial charge in [0.25, 0.3) is 0 Å². The quantitative estimate of drug-likeness (QED) is 0.790. The molecule has 1 amide bonds. The van der Waals surface area contributed by atoms with E-state index < -0.39 is 16.1 Å². The highest BCUT2D eigenvalue weighted by Crippen LogP contribution is 2.20. The van der Waals surface area contributed by atoms with E-state index in [0.29, 0.717) is 26.2 Å². The highest BCUT2D eigenvalue weighted by atomic mass is 32.2. The molecule has 0 saturated carbocycles. The van der Waals surface area contributed by atoms with Crippen LogP contribution in [0.25, 0.3) is 0 Å².